The van der Waals surface area contributed by atoms with Crippen LogP contribution in [0.1, 0.15) is 64.2 Å². The highest BCUT2D eigenvalue weighted by Crippen LogP contribution is 2.09. The van der Waals surface area contributed by atoms with Crippen LogP contribution in [0.4, 0.5) is 0 Å². The minimum atomic E-state index is -0.705. The van der Waals surface area contributed by atoms with Crippen molar-refractivity contribution in [2.75, 3.05) is 13.1 Å². The molecule has 1 heterocycles. The third kappa shape index (κ3) is 8.91. The fourth-order valence-electron chi connectivity index (χ4n) is 2.53. The van der Waals surface area contributed by atoms with Gasteiger partial charge in [0, 0.05) is 25.4 Å². The minimum absolute atomic E-state index is 0.185. The Morgan fingerprint density at radius 2 is 2.00 bits per heavy atom. The van der Waals surface area contributed by atoms with Gasteiger partial charge in [-0.3, -0.25) is 9.59 Å². The summed E-state index contributed by atoms with van der Waals surface area (Å²) < 4.78 is 0. The van der Waals surface area contributed by atoms with E-state index in [2.05, 4.69) is 10.6 Å². The van der Waals surface area contributed by atoms with Gasteiger partial charge in [0.1, 0.15) is 0 Å². The second kappa shape index (κ2) is 10.7. The van der Waals surface area contributed by atoms with E-state index in [0.717, 1.165) is 58.0 Å². The summed E-state index contributed by atoms with van der Waals surface area (Å²) in [5.74, 6) is -0.520. The number of hydrogen-bond donors (Lipinski definition) is 3. The molecule has 0 bridgehead atoms. The first-order valence-electron chi connectivity index (χ1n) is 7.90. The third-order valence-corrected chi connectivity index (χ3v) is 3.71. The van der Waals surface area contributed by atoms with Gasteiger partial charge in [-0.25, -0.2) is 0 Å². The molecule has 0 radical (unpaired) electrons. The van der Waals surface area contributed by atoms with Crippen LogP contribution in [0.2, 0.25) is 0 Å². The van der Waals surface area contributed by atoms with Crippen LogP contribution in [0.3, 0.4) is 0 Å². The number of hydrogen-bond acceptors (Lipinski definition) is 3. The quantitative estimate of drug-likeness (QED) is 0.566. The monoisotopic (exact) mass is 284 g/mol. The van der Waals surface area contributed by atoms with Crippen LogP contribution < -0.4 is 10.6 Å². The molecular formula is C15H28N2O3. The van der Waals surface area contributed by atoms with Crippen LogP contribution in [0.15, 0.2) is 0 Å². The van der Waals surface area contributed by atoms with Gasteiger partial charge in [-0.05, 0) is 32.2 Å². The minimum Gasteiger partial charge on any atom is -0.481 e. The molecule has 0 spiro atoms. The molecule has 1 fully saturated rings. The van der Waals surface area contributed by atoms with Crippen LogP contribution in [-0.2, 0) is 9.59 Å². The zero-order valence-electron chi connectivity index (χ0n) is 12.3. The molecule has 0 aromatic rings. The molecule has 1 aliphatic rings. The molecule has 1 rings (SSSR count). The molecule has 1 saturated heterocycles. The zero-order valence-corrected chi connectivity index (χ0v) is 12.3. The van der Waals surface area contributed by atoms with Crippen molar-refractivity contribution in [3.8, 4) is 0 Å². The summed E-state index contributed by atoms with van der Waals surface area (Å²) in [6.07, 6.45) is 9.27. The van der Waals surface area contributed by atoms with Gasteiger partial charge >= 0.3 is 5.97 Å². The van der Waals surface area contributed by atoms with Gasteiger partial charge in [-0.1, -0.05) is 25.7 Å². The molecular weight excluding hydrogens is 256 g/mol. The highest BCUT2D eigenvalue weighted by molar-refractivity contribution is 5.76. The van der Waals surface area contributed by atoms with E-state index < -0.39 is 5.97 Å². The van der Waals surface area contributed by atoms with Crippen molar-refractivity contribution in [1.29, 1.82) is 0 Å². The zero-order chi connectivity index (χ0) is 14.6. The Morgan fingerprint density at radius 1 is 1.20 bits per heavy atom. The highest BCUT2D eigenvalue weighted by atomic mass is 16.4. The maximum atomic E-state index is 11.5. The summed E-state index contributed by atoms with van der Waals surface area (Å²) >= 11 is 0. The SMILES string of the molecule is O=C(O)CCCCCCNCC1CCCCCC(=O)N1. The van der Waals surface area contributed by atoms with Gasteiger partial charge in [0.05, 0.1) is 0 Å². The largest absolute Gasteiger partial charge is 0.481 e. The lowest BCUT2D eigenvalue weighted by atomic mass is 10.0. The van der Waals surface area contributed by atoms with E-state index in [0.29, 0.717) is 6.42 Å². The number of nitrogens with one attached hydrogen (secondary N) is 2. The van der Waals surface area contributed by atoms with Gasteiger partial charge in [0.25, 0.3) is 0 Å². The van der Waals surface area contributed by atoms with E-state index in [4.69, 9.17) is 5.11 Å². The fourth-order valence-corrected chi connectivity index (χ4v) is 2.53. The van der Waals surface area contributed by atoms with Crippen LogP contribution in [0, 0.1) is 0 Å². The van der Waals surface area contributed by atoms with E-state index in [-0.39, 0.29) is 18.4 Å². The first-order chi connectivity index (χ1) is 9.68. The summed E-state index contributed by atoms with van der Waals surface area (Å²) in [6, 6.07) is 0.273. The molecule has 1 atom stereocenters. The summed E-state index contributed by atoms with van der Waals surface area (Å²) in [5.41, 5.74) is 0. The molecule has 0 aromatic carbocycles. The normalized spacial score (nSPS) is 20.0. The molecule has 5 nitrogen and oxygen atoms in total. The van der Waals surface area contributed by atoms with E-state index >= 15 is 0 Å². The van der Waals surface area contributed by atoms with E-state index in [1.54, 1.807) is 0 Å². The van der Waals surface area contributed by atoms with Crippen molar-refractivity contribution in [2.45, 2.75) is 70.3 Å². The second-order valence-electron chi connectivity index (χ2n) is 5.63. The first-order valence-corrected chi connectivity index (χ1v) is 7.90. The Hall–Kier alpha value is -1.10. The Morgan fingerprint density at radius 3 is 2.80 bits per heavy atom. The Balaban J connectivity index is 1.96. The van der Waals surface area contributed by atoms with Crippen LogP contribution in [0.5, 0.6) is 0 Å². The standard InChI is InChI=1S/C15H28N2O3/c18-14-9-5-3-4-8-13(17-14)12-16-11-7-2-1-6-10-15(19)20/h13,16H,1-12H2,(H,17,18)(H,19,20). The van der Waals surface area contributed by atoms with Gasteiger partial charge in [-0.2, -0.15) is 0 Å². The summed E-state index contributed by atoms with van der Waals surface area (Å²) in [4.78, 5) is 21.9. The molecule has 1 aliphatic heterocycles. The number of carboxylic acids is 1. The first kappa shape index (κ1) is 17.0. The lowest BCUT2D eigenvalue weighted by molar-refractivity contribution is -0.137. The molecule has 1 amide bonds. The number of unbranched alkanes of at least 4 members (excludes halogenated alkanes) is 3. The number of carboxylic acid groups (broad SMARTS) is 1. The lowest BCUT2D eigenvalue weighted by Gasteiger charge is -2.21. The van der Waals surface area contributed by atoms with Gasteiger partial charge in [-0.15, -0.1) is 0 Å². The number of carbonyl (C=O) groups is 2. The summed E-state index contributed by atoms with van der Waals surface area (Å²) in [6.45, 7) is 1.79. The third-order valence-electron chi connectivity index (χ3n) is 3.71. The number of rotatable bonds is 9. The van der Waals surface area contributed by atoms with Crippen molar-refractivity contribution >= 4 is 11.9 Å². The average molecular weight is 284 g/mol. The number of carbonyl (C=O) groups excluding carboxylic acids is 1. The van der Waals surface area contributed by atoms with Crippen LogP contribution in [0.25, 0.3) is 0 Å². The molecule has 0 aliphatic carbocycles. The van der Waals surface area contributed by atoms with Crippen LogP contribution >= 0.6 is 0 Å². The van der Waals surface area contributed by atoms with Crippen LogP contribution in [-0.4, -0.2) is 36.1 Å². The molecule has 1 unspecified atom stereocenters. The maximum Gasteiger partial charge on any atom is 0.303 e. The van der Waals surface area contributed by atoms with Crippen molar-refractivity contribution in [1.82, 2.24) is 10.6 Å². The Bertz CT molecular complexity index is 295. The summed E-state index contributed by atoms with van der Waals surface area (Å²) in [5, 5.41) is 15.0. The summed E-state index contributed by atoms with van der Waals surface area (Å²) in [7, 11) is 0. The smallest absolute Gasteiger partial charge is 0.303 e. The lowest BCUT2D eigenvalue weighted by Crippen LogP contribution is -2.42. The molecule has 5 heteroatoms. The van der Waals surface area contributed by atoms with E-state index in [1.807, 2.05) is 0 Å². The number of amides is 1. The van der Waals surface area contributed by atoms with Crippen molar-refractivity contribution < 1.29 is 14.7 Å². The maximum absolute atomic E-state index is 11.5. The van der Waals surface area contributed by atoms with E-state index in [9.17, 15) is 9.59 Å². The topological polar surface area (TPSA) is 78.4 Å². The molecule has 0 aromatic heterocycles. The predicted molar refractivity (Wildman–Crippen MR) is 78.6 cm³/mol. The van der Waals surface area contributed by atoms with Gasteiger partial charge in [0.2, 0.25) is 5.91 Å². The predicted octanol–water partition coefficient (Wildman–Crippen LogP) is 2.06. The number of aliphatic carboxylic acids is 1. The van der Waals surface area contributed by atoms with Crippen molar-refractivity contribution in [2.24, 2.45) is 0 Å². The van der Waals surface area contributed by atoms with Gasteiger partial charge < -0.3 is 15.7 Å². The Kier molecular flexibility index (Phi) is 9.04. The van der Waals surface area contributed by atoms with Gasteiger partial charge in [0.15, 0.2) is 0 Å². The molecule has 0 saturated carbocycles. The molecule has 20 heavy (non-hydrogen) atoms. The second-order valence-corrected chi connectivity index (χ2v) is 5.63. The molecule has 116 valence electrons. The average Bonchev–Trinajstić information content (AvgIpc) is 2.37. The van der Waals surface area contributed by atoms with Crippen molar-refractivity contribution in [3.05, 3.63) is 0 Å². The molecule has 3 N–H and O–H groups in total. The van der Waals surface area contributed by atoms with E-state index in [1.165, 1.54) is 6.42 Å². The Labute approximate surface area is 121 Å². The fraction of sp³-hybridized carbons (Fsp3) is 0.867. The van der Waals surface area contributed by atoms with Crippen molar-refractivity contribution in [3.63, 3.8) is 0 Å². The highest BCUT2D eigenvalue weighted by Gasteiger charge is 2.14.